The Hall–Kier alpha value is -2.01. The molecule has 0 aliphatic carbocycles. The number of piperazine rings is 1. The summed E-state index contributed by atoms with van der Waals surface area (Å²) >= 11 is 0. The van der Waals surface area contributed by atoms with Crippen molar-refractivity contribution >= 4 is 16.6 Å². The molecule has 1 aromatic carbocycles. The van der Waals surface area contributed by atoms with Gasteiger partial charge in [0, 0.05) is 37.8 Å². The van der Waals surface area contributed by atoms with E-state index in [4.69, 9.17) is 9.47 Å². The summed E-state index contributed by atoms with van der Waals surface area (Å²) < 4.78 is 10.9. The molecule has 1 aromatic heterocycles. The lowest BCUT2D eigenvalue weighted by atomic mass is 10.1. The van der Waals surface area contributed by atoms with Gasteiger partial charge in [0.05, 0.1) is 0 Å². The van der Waals surface area contributed by atoms with Crippen LogP contribution in [0.2, 0.25) is 0 Å². The van der Waals surface area contributed by atoms with Crippen LogP contribution in [0.3, 0.4) is 0 Å². The van der Waals surface area contributed by atoms with Gasteiger partial charge in [0.15, 0.2) is 11.5 Å². The first kappa shape index (κ1) is 10.9. The second-order valence-corrected chi connectivity index (χ2v) is 4.80. The van der Waals surface area contributed by atoms with E-state index < -0.39 is 0 Å². The van der Waals surface area contributed by atoms with Crippen molar-refractivity contribution in [2.75, 3.05) is 37.9 Å². The number of hydrogen-bond donors (Lipinski definition) is 1. The zero-order valence-corrected chi connectivity index (χ0v) is 10.6. The smallest absolute Gasteiger partial charge is 0.231 e. The van der Waals surface area contributed by atoms with Gasteiger partial charge in [0.2, 0.25) is 6.79 Å². The average Bonchev–Trinajstić information content (AvgIpc) is 2.92. The summed E-state index contributed by atoms with van der Waals surface area (Å²) in [5, 5.41) is 5.64. The van der Waals surface area contributed by atoms with E-state index in [1.807, 2.05) is 24.4 Å². The van der Waals surface area contributed by atoms with Crippen molar-refractivity contribution in [3.05, 3.63) is 24.4 Å². The van der Waals surface area contributed by atoms with Crippen molar-refractivity contribution in [1.29, 1.82) is 0 Å². The predicted octanol–water partition coefficient (Wildman–Crippen LogP) is 1.37. The monoisotopic (exact) mass is 257 g/mol. The van der Waals surface area contributed by atoms with Crippen LogP contribution in [0.25, 0.3) is 10.8 Å². The molecule has 19 heavy (non-hydrogen) atoms. The highest BCUT2D eigenvalue weighted by atomic mass is 16.7. The van der Waals surface area contributed by atoms with E-state index in [0.29, 0.717) is 6.79 Å². The summed E-state index contributed by atoms with van der Waals surface area (Å²) in [5.74, 6) is 2.68. The maximum Gasteiger partial charge on any atom is 0.231 e. The Kier molecular flexibility index (Phi) is 2.45. The number of aromatic nitrogens is 1. The highest BCUT2D eigenvalue weighted by Gasteiger charge is 2.19. The van der Waals surface area contributed by atoms with Gasteiger partial charge >= 0.3 is 0 Å². The number of fused-ring (bicyclic) bond motifs is 2. The van der Waals surface area contributed by atoms with Crippen LogP contribution in [-0.2, 0) is 0 Å². The molecule has 0 spiro atoms. The minimum Gasteiger partial charge on any atom is -0.454 e. The second kappa shape index (κ2) is 4.28. The van der Waals surface area contributed by atoms with Crippen molar-refractivity contribution < 1.29 is 9.47 Å². The van der Waals surface area contributed by atoms with E-state index in [1.54, 1.807) is 0 Å². The molecule has 0 bridgehead atoms. The summed E-state index contributed by atoms with van der Waals surface area (Å²) in [6.45, 7) is 4.29. The number of pyridine rings is 1. The minimum atomic E-state index is 0.308. The Labute approximate surface area is 111 Å². The van der Waals surface area contributed by atoms with Crippen LogP contribution >= 0.6 is 0 Å². The van der Waals surface area contributed by atoms with Crippen molar-refractivity contribution in [2.45, 2.75) is 0 Å². The van der Waals surface area contributed by atoms with Crippen LogP contribution in [0.5, 0.6) is 11.5 Å². The van der Waals surface area contributed by atoms with Crippen LogP contribution in [0.4, 0.5) is 5.82 Å². The van der Waals surface area contributed by atoms with Gasteiger partial charge in [-0.25, -0.2) is 4.98 Å². The molecule has 0 atom stereocenters. The number of nitrogens with zero attached hydrogens (tertiary/aromatic N) is 2. The summed E-state index contributed by atoms with van der Waals surface area (Å²) in [4.78, 5) is 6.88. The number of nitrogens with one attached hydrogen (secondary N) is 1. The second-order valence-electron chi connectivity index (χ2n) is 4.80. The van der Waals surface area contributed by atoms with E-state index in [-0.39, 0.29) is 0 Å². The van der Waals surface area contributed by atoms with Gasteiger partial charge in [0.1, 0.15) is 5.82 Å². The van der Waals surface area contributed by atoms with Gasteiger partial charge in [0.25, 0.3) is 0 Å². The van der Waals surface area contributed by atoms with Crippen molar-refractivity contribution in [3.63, 3.8) is 0 Å². The van der Waals surface area contributed by atoms with E-state index in [0.717, 1.165) is 54.3 Å². The molecular formula is C14H15N3O2. The number of ether oxygens (including phenoxy) is 2. The van der Waals surface area contributed by atoms with E-state index in [1.165, 1.54) is 0 Å². The summed E-state index contributed by atoms with van der Waals surface area (Å²) in [5.41, 5.74) is 0. The van der Waals surface area contributed by atoms with Crippen LogP contribution in [0, 0.1) is 0 Å². The zero-order valence-electron chi connectivity index (χ0n) is 10.6. The molecule has 2 aliphatic heterocycles. The molecule has 0 unspecified atom stereocenters. The first-order valence-corrected chi connectivity index (χ1v) is 6.56. The molecule has 98 valence electrons. The van der Waals surface area contributed by atoms with Gasteiger partial charge in [-0.1, -0.05) is 0 Å². The molecule has 0 radical (unpaired) electrons. The van der Waals surface area contributed by atoms with Crippen molar-refractivity contribution in [3.8, 4) is 11.5 Å². The van der Waals surface area contributed by atoms with E-state index >= 15 is 0 Å². The molecule has 2 aliphatic rings. The third-order valence-electron chi connectivity index (χ3n) is 3.65. The fraction of sp³-hybridized carbons (Fsp3) is 0.357. The van der Waals surface area contributed by atoms with E-state index in [9.17, 15) is 0 Å². The van der Waals surface area contributed by atoms with Crippen LogP contribution in [0.15, 0.2) is 24.4 Å². The normalized spacial score (nSPS) is 18.0. The highest BCUT2D eigenvalue weighted by Crippen LogP contribution is 2.38. The summed E-state index contributed by atoms with van der Waals surface area (Å²) in [6, 6.07) is 6.09. The standard InChI is InChI=1S/C14H15N3O2/c1-2-16-14(17-5-3-15-4-6-17)11-8-13-12(7-10(1)11)18-9-19-13/h1-2,7-8,15H,3-6,9H2. The first-order chi connectivity index (χ1) is 9.42. The quantitative estimate of drug-likeness (QED) is 0.836. The van der Waals surface area contributed by atoms with Crippen LogP contribution < -0.4 is 19.7 Å². The maximum absolute atomic E-state index is 5.47. The minimum absolute atomic E-state index is 0.308. The third-order valence-corrected chi connectivity index (χ3v) is 3.65. The molecule has 2 aromatic rings. The fourth-order valence-electron chi connectivity index (χ4n) is 2.68. The summed E-state index contributed by atoms with van der Waals surface area (Å²) in [7, 11) is 0. The molecule has 1 N–H and O–H groups in total. The molecule has 3 heterocycles. The lowest BCUT2D eigenvalue weighted by molar-refractivity contribution is 0.174. The van der Waals surface area contributed by atoms with Gasteiger partial charge < -0.3 is 19.7 Å². The first-order valence-electron chi connectivity index (χ1n) is 6.56. The molecule has 5 nitrogen and oxygen atoms in total. The number of anilines is 1. The van der Waals surface area contributed by atoms with E-state index in [2.05, 4.69) is 15.2 Å². The van der Waals surface area contributed by atoms with Crippen LogP contribution in [-0.4, -0.2) is 38.0 Å². The Morgan fingerprint density at radius 3 is 2.74 bits per heavy atom. The molecular weight excluding hydrogens is 242 g/mol. The SMILES string of the molecule is c1cc2cc3c(cc2c(N2CCNCC2)n1)OCO3. The highest BCUT2D eigenvalue weighted by molar-refractivity contribution is 5.94. The van der Waals surface area contributed by atoms with Crippen LogP contribution in [0.1, 0.15) is 0 Å². The number of benzene rings is 1. The lowest BCUT2D eigenvalue weighted by Crippen LogP contribution is -2.43. The van der Waals surface area contributed by atoms with Gasteiger partial charge in [-0.15, -0.1) is 0 Å². The molecule has 0 saturated carbocycles. The Balaban J connectivity index is 1.86. The van der Waals surface area contributed by atoms with Gasteiger partial charge in [-0.05, 0) is 23.6 Å². The number of rotatable bonds is 1. The summed E-state index contributed by atoms with van der Waals surface area (Å²) in [6.07, 6.45) is 1.86. The lowest BCUT2D eigenvalue weighted by Gasteiger charge is -2.29. The van der Waals surface area contributed by atoms with Crippen molar-refractivity contribution in [2.24, 2.45) is 0 Å². The number of hydrogen-bond acceptors (Lipinski definition) is 5. The van der Waals surface area contributed by atoms with Gasteiger partial charge in [-0.3, -0.25) is 0 Å². The third kappa shape index (κ3) is 1.77. The molecule has 0 amide bonds. The molecule has 4 rings (SSSR count). The Morgan fingerprint density at radius 2 is 1.89 bits per heavy atom. The molecule has 1 saturated heterocycles. The zero-order chi connectivity index (χ0) is 12.7. The van der Waals surface area contributed by atoms with Crippen molar-refractivity contribution in [1.82, 2.24) is 10.3 Å². The molecule has 1 fully saturated rings. The van der Waals surface area contributed by atoms with Gasteiger partial charge in [-0.2, -0.15) is 0 Å². The largest absolute Gasteiger partial charge is 0.454 e. The Bertz CT molecular complexity index is 623. The fourth-order valence-corrected chi connectivity index (χ4v) is 2.68. The predicted molar refractivity (Wildman–Crippen MR) is 72.9 cm³/mol. The molecule has 5 heteroatoms. The Morgan fingerprint density at radius 1 is 1.11 bits per heavy atom. The topological polar surface area (TPSA) is 46.6 Å². The maximum atomic E-state index is 5.47. The average molecular weight is 257 g/mol.